The van der Waals surface area contributed by atoms with Crippen LogP contribution < -0.4 is 10.6 Å². The molecule has 4 N–H and O–H groups in total. The molecule has 0 bridgehead atoms. The number of alkyl carbamates (subject to hydrolysis) is 1. The SMILES string of the molecule is C#CCCC[C@@H](NC(=O)[C@H](CO)NC(=O)OCc1ccccc1)C(=O)O. The van der Waals surface area contributed by atoms with Gasteiger partial charge in [-0.15, -0.1) is 12.3 Å². The molecule has 0 aliphatic heterocycles. The number of rotatable bonds is 10. The van der Waals surface area contributed by atoms with Crippen molar-refractivity contribution in [3.63, 3.8) is 0 Å². The summed E-state index contributed by atoms with van der Waals surface area (Å²) < 4.78 is 4.96. The second-order valence-electron chi connectivity index (χ2n) is 5.44. The predicted molar refractivity (Wildman–Crippen MR) is 92.9 cm³/mol. The Balaban J connectivity index is 2.51. The molecule has 2 amide bonds. The number of unbranched alkanes of at least 4 members (excludes halogenated alkanes) is 1. The summed E-state index contributed by atoms with van der Waals surface area (Å²) in [6.45, 7) is -0.709. The quantitative estimate of drug-likeness (QED) is 0.358. The molecule has 0 radical (unpaired) electrons. The lowest BCUT2D eigenvalue weighted by atomic mass is 10.1. The fourth-order valence-corrected chi connectivity index (χ4v) is 2.04. The minimum Gasteiger partial charge on any atom is -0.480 e. The largest absolute Gasteiger partial charge is 0.480 e. The van der Waals surface area contributed by atoms with Crippen LogP contribution in [0.15, 0.2) is 30.3 Å². The molecule has 140 valence electrons. The number of aliphatic carboxylic acids is 1. The van der Waals surface area contributed by atoms with Gasteiger partial charge in [-0.2, -0.15) is 0 Å². The summed E-state index contributed by atoms with van der Waals surface area (Å²) in [4.78, 5) is 35.0. The average molecular weight is 362 g/mol. The van der Waals surface area contributed by atoms with Crippen molar-refractivity contribution >= 4 is 18.0 Å². The second kappa shape index (κ2) is 11.5. The number of carbonyl (C=O) groups is 3. The van der Waals surface area contributed by atoms with Crippen molar-refractivity contribution in [3.8, 4) is 12.3 Å². The molecule has 0 aromatic heterocycles. The molecule has 0 saturated carbocycles. The number of carbonyl (C=O) groups excluding carboxylic acids is 2. The Morgan fingerprint density at radius 2 is 1.85 bits per heavy atom. The summed E-state index contributed by atoms with van der Waals surface area (Å²) >= 11 is 0. The summed E-state index contributed by atoms with van der Waals surface area (Å²) in [7, 11) is 0. The first-order chi connectivity index (χ1) is 12.5. The smallest absolute Gasteiger partial charge is 0.408 e. The molecule has 0 spiro atoms. The Labute approximate surface area is 151 Å². The van der Waals surface area contributed by atoms with E-state index in [4.69, 9.17) is 16.3 Å². The van der Waals surface area contributed by atoms with Crippen molar-refractivity contribution in [2.45, 2.75) is 38.0 Å². The topological polar surface area (TPSA) is 125 Å². The monoisotopic (exact) mass is 362 g/mol. The van der Waals surface area contributed by atoms with E-state index in [9.17, 15) is 19.5 Å². The van der Waals surface area contributed by atoms with Crippen molar-refractivity contribution in [3.05, 3.63) is 35.9 Å². The lowest BCUT2D eigenvalue weighted by molar-refractivity contribution is -0.142. The zero-order valence-corrected chi connectivity index (χ0v) is 14.2. The van der Waals surface area contributed by atoms with Crippen LogP contribution in [0.5, 0.6) is 0 Å². The maximum absolute atomic E-state index is 12.1. The third kappa shape index (κ3) is 7.68. The molecule has 0 unspecified atom stereocenters. The van der Waals surface area contributed by atoms with Gasteiger partial charge in [-0.05, 0) is 18.4 Å². The van der Waals surface area contributed by atoms with Crippen LogP contribution in [-0.2, 0) is 20.9 Å². The fourth-order valence-electron chi connectivity index (χ4n) is 2.04. The highest BCUT2D eigenvalue weighted by Crippen LogP contribution is 2.03. The van der Waals surface area contributed by atoms with Crippen LogP contribution in [0.3, 0.4) is 0 Å². The maximum Gasteiger partial charge on any atom is 0.408 e. The van der Waals surface area contributed by atoms with Crippen LogP contribution in [0.4, 0.5) is 4.79 Å². The van der Waals surface area contributed by atoms with Gasteiger partial charge in [0.15, 0.2) is 0 Å². The molecule has 0 heterocycles. The molecule has 0 aliphatic carbocycles. The minimum absolute atomic E-state index is 0.00369. The third-order valence-corrected chi connectivity index (χ3v) is 3.43. The Bertz CT molecular complexity index is 641. The number of ether oxygens (including phenoxy) is 1. The van der Waals surface area contributed by atoms with Crippen LogP contribution in [-0.4, -0.2) is 46.9 Å². The summed E-state index contributed by atoms with van der Waals surface area (Å²) in [5, 5.41) is 22.9. The van der Waals surface area contributed by atoms with Gasteiger partial charge in [0, 0.05) is 6.42 Å². The van der Waals surface area contributed by atoms with Crippen molar-refractivity contribution in [1.82, 2.24) is 10.6 Å². The third-order valence-electron chi connectivity index (χ3n) is 3.43. The fraction of sp³-hybridized carbons (Fsp3) is 0.389. The van der Waals surface area contributed by atoms with Crippen LogP contribution >= 0.6 is 0 Å². The zero-order chi connectivity index (χ0) is 19.4. The molecule has 0 fully saturated rings. The summed E-state index contributed by atoms with van der Waals surface area (Å²) in [5.41, 5.74) is 0.757. The normalized spacial score (nSPS) is 12.3. The molecule has 8 heteroatoms. The van der Waals surface area contributed by atoms with E-state index in [2.05, 4.69) is 16.6 Å². The Hall–Kier alpha value is -3.05. The Morgan fingerprint density at radius 3 is 2.42 bits per heavy atom. The molecular formula is C18H22N2O6. The predicted octanol–water partition coefficient (Wildman–Crippen LogP) is 0.647. The number of carboxylic acids is 1. The van der Waals surface area contributed by atoms with Gasteiger partial charge >= 0.3 is 12.1 Å². The summed E-state index contributed by atoms with van der Waals surface area (Å²) in [6.07, 6.45) is 5.15. The number of terminal acetylenes is 1. The molecule has 1 rings (SSSR count). The van der Waals surface area contributed by atoms with E-state index in [0.717, 1.165) is 5.56 Å². The van der Waals surface area contributed by atoms with E-state index >= 15 is 0 Å². The lowest BCUT2D eigenvalue weighted by Gasteiger charge is -2.19. The molecule has 2 atom stereocenters. The molecule has 26 heavy (non-hydrogen) atoms. The van der Waals surface area contributed by atoms with E-state index in [1.807, 2.05) is 6.07 Å². The van der Waals surface area contributed by atoms with Gasteiger partial charge in [0.2, 0.25) is 5.91 Å². The molecule has 1 aromatic carbocycles. The van der Waals surface area contributed by atoms with Crippen LogP contribution in [0.25, 0.3) is 0 Å². The number of aliphatic hydroxyl groups excluding tert-OH is 1. The van der Waals surface area contributed by atoms with Crippen molar-refractivity contribution in [1.29, 1.82) is 0 Å². The van der Waals surface area contributed by atoms with Gasteiger partial charge in [-0.1, -0.05) is 30.3 Å². The number of benzene rings is 1. The molecule has 8 nitrogen and oxygen atoms in total. The van der Waals surface area contributed by atoms with Crippen LogP contribution in [0.1, 0.15) is 24.8 Å². The van der Waals surface area contributed by atoms with Gasteiger partial charge in [0.05, 0.1) is 6.61 Å². The number of carboxylic acid groups (broad SMARTS) is 1. The van der Waals surface area contributed by atoms with Gasteiger partial charge < -0.3 is 25.6 Å². The first-order valence-corrected chi connectivity index (χ1v) is 8.02. The van der Waals surface area contributed by atoms with Crippen LogP contribution in [0.2, 0.25) is 0 Å². The highest BCUT2D eigenvalue weighted by atomic mass is 16.5. The van der Waals surface area contributed by atoms with Gasteiger partial charge in [-0.25, -0.2) is 9.59 Å². The summed E-state index contributed by atoms with van der Waals surface area (Å²) in [6, 6.07) is 6.42. The van der Waals surface area contributed by atoms with E-state index < -0.39 is 36.7 Å². The number of nitrogens with one attached hydrogen (secondary N) is 2. The van der Waals surface area contributed by atoms with Gasteiger partial charge in [0.1, 0.15) is 18.7 Å². The number of hydrogen-bond donors (Lipinski definition) is 4. The summed E-state index contributed by atoms with van der Waals surface area (Å²) in [5.74, 6) is 0.338. The van der Waals surface area contributed by atoms with Crippen molar-refractivity contribution in [2.75, 3.05) is 6.61 Å². The molecule has 1 aromatic rings. The number of hydrogen-bond acceptors (Lipinski definition) is 5. The lowest BCUT2D eigenvalue weighted by Crippen LogP contribution is -2.53. The number of aliphatic hydroxyl groups is 1. The van der Waals surface area contributed by atoms with Crippen molar-refractivity contribution in [2.24, 2.45) is 0 Å². The first kappa shape index (κ1) is 21.0. The highest BCUT2D eigenvalue weighted by Gasteiger charge is 2.26. The van der Waals surface area contributed by atoms with Crippen LogP contribution in [0, 0.1) is 12.3 Å². The first-order valence-electron chi connectivity index (χ1n) is 8.02. The second-order valence-corrected chi connectivity index (χ2v) is 5.44. The van der Waals surface area contributed by atoms with Gasteiger partial charge in [0.25, 0.3) is 0 Å². The Morgan fingerprint density at radius 1 is 1.15 bits per heavy atom. The molecular weight excluding hydrogens is 340 g/mol. The Kier molecular flexibility index (Phi) is 9.28. The van der Waals surface area contributed by atoms with E-state index in [1.165, 1.54) is 0 Å². The number of amides is 2. The standard InChI is InChI=1S/C18H22N2O6/c1-2-3-5-10-14(17(23)24)19-16(22)15(11-21)20-18(25)26-12-13-8-6-4-7-9-13/h1,4,6-9,14-15,21H,3,5,10-12H2,(H,19,22)(H,20,25)(H,23,24)/t14-,15+/m1/s1. The highest BCUT2D eigenvalue weighted by molar-refractivity contribution is 5.89. The van der Waals surface area contributed by atoms with Crippen molar-refractivity contribution < 1.29 is 29.3 Å². The van der Waals surface area contributed by atoms with E-state index in [-0.39, 0.29) is 13.0 Å². The maximum atomic E-state index is 12.1. The average Bonchev–Trinajstić information content (AvgIpc) is 2.64. The molecule has 0 aliphatic rings. The molecule has 0 saturated heterocycles. The zero-order valence-electron chi connectivity index (χ0n) is 14.2. The van der Waals surface area contributed by atoms with E-state index in [1.54, 1.807) is 24.3 Å². The van der Waals surface area contributed by atoms with E-state index in [0.29, 0.717) is 12.8 Å². The minimum atomic E-state index is -1.33. The van der Waals surface area contributed by atoms with Gasteiger partial charge in [-0.3, -0.25) is 4.79 Å².